The van der Waals surface area contributed by atoms with Crippen LogP contribution in [-0.2, 0) is 15.8 Å². The van der Waals surface area contributed by atoms with E-state index in [1.807, 2.05) is 0 Å². The van der Waals surface area contributed by atoms with Gasteiger partial charge in [-0.05, 0) is 29.8 Å². The molecular weight excluding hydrogens is 486 g/mol. The number of oxime groups is 1. The van der Waals surface area contributed by atoms with Gasteiger partial charge in [0.05, 0.1) is 11.7 Å². The number of carbonyl (C=O) groups excluding carboxylic acids is 1. The number of nitrogens with zero attached hydrogens (tertiary/aromatic N) is 1. The second kappa shape index (κ2) is 7.57. The molecule has 0 spiro atoms. The van der Waals surface area contributed by atoms with E-state index in [-0.39, 0.29) is 37.8 Å². The lowest BCUT2D eigenvalue weighted by Gasteiger charge is -2.29. The predicted octanol–water partition coefficient (Wildman–Crippen LogP) is 4.83. The third-order valence-electron chi connectivity index (χ3n) is 4.32. The molecule has 10 heteroatoms. The number of alkyl halides is 4. The number of rotatable bonds is 4. The lowest BCUT2D eigenvalue weighted by Crippen LogP contribution is -2.42. The van der Waals surface area contributed by atoms with Crippen LogP contribution in [0.2, 0.25) is 10.0 Å². The molecular formula is C18H10BrCl2F3NO3-. The zero-order chi connectivity index (χ0) is 20.7. The quantitative estimate of drug-likeness (QED) is 0.570. The van der Waals surface area contributed by atoms with Crippen LogP contribution in [0.1, 0.15) is 33.5 Å². The molecule has 0 bridgehead atoms. The van der Waals surface area contributed by atoms with Crippen molar-refractivity contribution in [3.63, 3.8) is 0 Å². The number of carbonyl (C=O) groups is 1. The van der Waals surface area contributed by atoms with Gasteiger partial charge in [0.2, 0.25) is 0 Å². The van der Waals surface area contributed by atoms with E-state index in [2.05, 4.69) is 21.1 Å². The molecule has 28 heavy (non-hydrogen) atoms. The first kappa shape index (κ1) is 21.0. The van der Waals surface area contributed by atoms with Gasteiger partial charge in [-0.3, -0.25) is 0 Å². The predicted molar refractivity (Wildman–Crippen MR) is 99.8 cm³/mol. The summed E-state index contributed by atoms with van der Waals surface area (Å²) >= 11 is 14.9. The van der Waals surface area contributed by atoms with Crippen molar-refractivity contribution in [2.24, 2.45) is 5.16 Å². The van der Waals surface area contributed by atoms with Gasteiger partial charge >= 0.3 is 6.18 Å². The summed E-state index contributed by atoms with van der Waals surface area (Å²) in [4.78, 5) is 16.2. The fourth-order valence-electron chi connectivity index (χ4n) is 2.91. The smallest absolute Gasteiger partial charge is 0.435 e. The summed E-state index contributed by atoms with van der Waals surface area (Å²) in [6.07, 6.45) is -5.51. The summed E-state index contributed by atoms with van der Waals surface area (Å²) in [6.45, 7) is 0. The molecule has 2 aromatic carbocycles. The van der Waals surface area contributed by atoms with Crippen LogP contribution in [0.3, 0.4) is 0 Å². The van der Waals surface area contributed by atoms with Crippen LogP contribution >= 0.6 is 39.1 Å². The average Bonchev–Trinajstić information content (AvgIpc) is 3.07. The minimum atomic E-state index is -4.83. The molecule has 0 aliphatic carbocycles. The van der Waals surface area contributed by atoms with Gasteiger partial charge in [0.25, 0.3) is 5.60 Å². The molecule has 2 aromatic rings. The highest BCUT2D eigenvalue weighted by molar-refractivity contribution is 9.08. The van der Waals surface area contributed by atoms with E-state index in [1.165, 1.54) is 24.3 Å². The fourth-order valence-corrected chi connectivity index (χ4v) is 3.92. The average molecular weight is 496 g/mol. The molecule has 0 fully saturated rings. The first-order valence-electron chi connectivity index (χ1n) is 7.76. The Morgan fingerprint density at radius 2 is 1.86 bits per heavy atom. The molecule has 0 saturated carbocycles. The Morgan fingerprint density at radius 1 is 1.21 bits per heavy atom. The summed E-state index contributed by atoms with van der Waals surface area (Å²) in [5.74, 6) is -1.44. The van der Waals surface area contributed by atoms with Gasteiger partial charge in [0.1, 0.15) is 0 Å². The highest BCUT2D eigenvalue weighted by atomic mass is 79.9. The summed E-state index contributed by atoms with van der Waals surface area (Å²) in [7, 11) is 0. The SMILES string of the molecule is O=C([O-])c1cc(C2=NOC(c3cc(Cl)cc(Cl)c3)(C(F)(F)F)C2)ccc1CBr. The van der Waals surface area contributed by atoms with E-state index < -0.39 is 24.2 Å². The Morgan fingerprint density at radius 3 is 2.39 bits per heavy atom. The lowest BCUT2D eigenvalue weighted by molar-refractivity contribution is -0.275. The molecule has 1 heterocycles. The number of aromatic carboxylic acids is 1. The van der Waals surface area contributed by atoms with Gasteiger partial charge in [-0.15, -0.1) is 0 Å². The van der Waals surface area contributed by atoms with Crippen LogP contribution in [0.4, 0.5) is 13.2 Å². The Labute approximate surface area is 176 Å². The van der Waals surface area contributed by atoms with Crippen molar-refractivity contribution in [3.8, 4) is 0 Å². The molecule has 0 N–H and O–H groups in total. The Bertz CT molecular complexity index is 961. The Balaban J connectivity index is 2.05. The summed E-state index contributed by atoms with van der Waals surface area (Å²) < 4.78 is 42.0. The number of hydrogen-bond donors (Lipinski definition) is 0. The number of hydrogen-bond acceptors (Lipinski definition) is 4. The van der Waals surface area contributed by atoms with Crippen LogP contribution in [0.25, 0.3) is 0 Å². The van der Waals surface area contributed by atoms with Gasteiger partial charge in [-0.25, -0.2) is 0 Å². The van der Waals surface area contributed by atoms with E-state index in [0.717, 1.165) is 12.1 Å². The maximum Gasteiger partial charge on any atom is 0.435 e. The third kappa shape index (κ3) is 3.73. The van der Waals surface area contributed by atoms with Crippen LogP contribution in [0.5, 0.6) is 0 Å². The molecule has 1 aliphatic rings. The molecule has 1 unspecified atom stereocenters. The number of benzene rings is 2. The number of carboxylic acids is 1. The molecule has 1 atom stereocenters. The second-order valence-electron chi connectivity index (χ2n) is 6.08. The van der Waals surface area contributed by atoms with Crippen LogP contribution in [0.15, 0.2) is 41.6 Å². The third-order valence-corrected chi connectivity index (χ3v) is 5.36. The zero-order valence-corrected chi connectivity index (χ0v) is 16.9. The first-order chi connectivity index (χ1) is 13.1. The van der Waals surface area contributed by atoms with E-state index >= 15 is 0 Å². The van der Waals surface area contributed by atoms with E-state index in [1.54, 1.807) is 0 Å². The Hall–Kier alpha value is -1.77. The lowest BCUT2D eigenvalue weighted by atomic mass is 9.86. The van der Waals surface area contributed by atoms with Gasteiger partial charge < -0.3 is 14.7 Å². The largest absolute Gasteiger partial charge is 0.545 e. The maximum absolute atomic E-state index is 14.0. The molecule has 0 radical (unpaired) electrons. The van der Waals surface area contributed by atoms with Crippen LogP contribution in [-0.4, -0.2) is 17.9 Å². The van der Waals surface area contributed by atoms with Crippen molar-refractivity contribution in [2.45, 2.75) is 23.5 Å². The topological polar surface area (TPSA) is 61.7 Å². The van der Waals surface area contributed by atoms with Gasteiger partial charge in [0.15, 0.2) is 0 Å². The molecule has 3 rings (SSSR count). The van der Waals surface area contributed by atoms with E-state index in [9.17, 15) is 23.1 Å². The van der Waals surface area contributed by atoms with Crippen LogP contribution < -0.4 is 5.11 Å². The van der Waals surface area contributed by atoms with E-state index in [4.69, 9.17) is 28.0 Å². The number of carboxylic acid groups (broad SMARTS) is 1. The standard InChI is InChI=1S/C18H11BrCl2F3NO3/c19-8-10-2-1-9(3-14(10)16(26)27)15-7-17(28-25-15,18(22,23)24)11-4-12(20)6-13(21)5-11/h1-6H,7-8H2,(H,26,27)/p-1. The zero-order valence-electron chi connectivity index (χ0n) is 13.8. The maximum atomic E-state index is 14.0. The normalized spacial score (nSPS) is 19.3. The molecule has 0 amide bonds. The molecule has 0 aromatic heterocycles. The fraction of sp³-hybridized carbons (Fsp3) is 0.222. The summed E-state index contributed by atoms with van der Waals surface area (Å²) in [5, 5.41) is 15.2. The van der Waals surface area contributed by atoms with Crippen molar-refractivity contribution in [3.05, 3.63) is 68.7 Å². The minimum Gasteiger partial charge on any atom is -0.545 e. The van der Waals surface area contributed by atoms with E-state index in [0.29, 0.717) is 5.56 Å². The summed E-state index contributed by atoms with van der Waals surface area (Å²) in [5.41, 5.74) is -2.68. The monoisotopic (exact) mass is 494 g/mol. The van der Waals surface area contributed by atoms with Crippen molar-refractivity contribution in [1.29, 1.82) is 0 Å². The van der Waals surface area contributed by atoms with Crippen LogP contribution in [0, 0.1) is 0 Å². The highest BCUT2D eigenvalue weighted by Gasteiger charge is 2.62. The van der Waals surface area contributed by atoms with Gasteiger partial charge in [-0.2, -0.15) is 13.2 Å². The van der Waals surface area contributed by atoms with Crippen molar-refractivity contribution in [1.82, 2.24) is 0 Å². The second-order valence-corrected chi connectivity index (χ2v) is 7.52. The number of halogens is 6. The Kier molecular flexibility index (Phi) is 5.67. The van der Waals surface area contributed by atoms with Gasteiger partial charge in [-0.1, -0.05) is 56.4 Å². The molecule has 1 aliphatic heterocycles. The first-order valence-corrected chi connectivity index (χ1v) is 9.64. The van der Waals surface area contributed by atoms with Gasteiger partial charge in [0, 0.05) is 38.5 Å². The van der Waals surface area contributed by atoms with Crippen molar-refractivity contribution < 1.29 is 27.9 Å². The minimum absolute atomic E-state index is 0.0177. The molecule has 0 saturated heterocycles. The summed E-state index contributed by atoms with van der Waals surface area (Å²) in [6, 6.07) is 7.69. The highest BCUT2D eigenvalue weighted by Crippen LogP contribution is 2.49. The van der Waals surface area contributed by atoms with Crippen molar-refractivity contribution >= 4 is 50.8 Å². The van der Waals surface area contributed by atoms with Crippen molar-refractivity contribution in [2.75, 3.05) is 0 Å². The molecule has 4 nitrogen and oxygen atoms in total. The molecule has 148 valence electrons.